The molecule has 0 spiro atoms. The van der Waals surface area contributed by atoms with Gasteiger partial charge in [-0.05, 0) is 19.4 Å². The van der Waals surface area contributed by atoms with Gasteiger partial charge in [0.05, 0.1) is 9.85 Å². The van der Waals surface area contributed by atoms with Crippen LogP contribution in [0.5, 0.6) is 0 Å². The number of aryl methyl sites for hydroxylation is 1. The SMILES string of the molecule is Cc1cc([N+](=O)[O-])c(N(CCCl)CCCl)c([N+](=O)[O-])c1C. The van der Waals surface area contributed by atoms with Crippen LogP contribution in [-0.4, -0.2) is 34.7 Å². The topological polar surface area (TPSA) is 89.5 Å². The van der Waals surface area contributed by atoms with Crippen molar-refractivity contribution in [3.8, 4) is 0 Å². The molecule has 0 aliphatic rings. The number of rotatable bonds is 7. The highest BCUT2D eigenvalue weighted by Gasteiger charge is 2.32. The Bertz CT molecular complexity index is 560. The van der Waals surface area contributed by atoms with Gasteiger partial charge >= 0.3 is 5.69 Å². The van der Waals surface area contributed by atoms with E-state index < -0.39 is 9.85 Å². The van der Waals surface area contributed by atoms with Crippen LogP contribution in [-0.2, 0) is 0 Å². The molecular formula is C12H15Cl2N3O4. The Morgan fingerprint density at radius 1 is 1.10 bits per heavy atom. The van der Waals surface area contributed by atoms with Gasteiger partial charge in [0.15, 0.2) is 5.69 Å². The number of anilines is 1. The number of benzene rings is 1. The van der Waals surface area contributed by atoms with Gasteiger partial charge in [-0.15, -0.1) is 23.2 Å². The molecular weight excluding hydrogens is 321 g/mol. The Hall–Kier alpha value is -1.60. The van der Waals surface area contributed by atoms with Crippen molar-refractivity contribution < 1.29 is 9.85 Å². The van der Waals surface area contributed by atoms with Crippen molar-refractivity contribution in [2.24, 2.45) is 0 Å². The van der Waals surface area contributed by atoms with Crippen molar-refractivity contribution in [1.82, 2.24) is 0 Å². The van der Waals surface area contributed by atoms with Gasteiger partial charge < -0.3 is 4.90 Å². The van der Waals surface area contributed by atoms with Crippen LogP contribution in [0.3, 0.4) is 0 Å². The van der Waals surface area contributed by atoms with Gasteiger partial charge in [0, 0.05) is 36.5 Å². The van der Waals surface area contributed by atoms with Crippen molar-refractivity contribution >= 4 is 40.3 Å². The predicted molar refractivity (Wildman–Crippen MR) is 82.9 cm³/mol. The second-order valence-electron chi connectivity index (χ2n) is 4.41. The lowest BCUT2D eigenvalue weighted by molar-refractivity contribution is -0.393. The second kappa shape index (κ2) is 7.42. The van der Waals surface area contributed by atoms with Crippen molar-refractivity contribution in [1.29, 1.82) is 0 Å². The first-order valence-corrected chi connectivity index (χ1v) is 7.21. The number of alkyl halides is 2. The third-order valence-electron chi connectivity index (χ3n) is 3.17. The fourth-order valence-corrected chi connectivity index (χ4v) is 2.49. The predicted octanol–water partition coefficient (Wildman–Crippen LogP) is 3.40. The largest absolute Gasteiger partial charge is 0.358 e. The lowest BCUT2D eigenvalue weighted by Gasteiger charge is -2.23. The van der Waals surface area contributed by atoms with E-state index in [1.165, 1.54) is 11.0 Å². The van der Waals surface area contributed by atoms with Crippen molar-refractivity contribution in [3.63, 3.8) is 0 Å². The van der Waals surface area contributed by atoms with Gasteiger partial charge in [-0.3, -0.25) is 20.2 Å². The highest BCUT2D eigenvalue weighted by Crippen LogP contribution is 2.41. The molecule has 0 heterocycles. The summed E-state index contributed by atoms with van der Waals surface area (Å²) in [4.78, 5) is 22.9. The minimum absolute atomic E-state index is 0.0330. The molecule has 0 amide bonds. The van der Waals surface area contributed by atoms with E-state index in [4.69, 9.17) is 23.2 Å². The first-order chi connectivity index (χ1) is 9.84. The van der Waals surface area contributed by atoms with Crippen LogP contribution in [0.15, 0.2) is 6.07 Å². The fraction of sp³-hybridized carbons (Fsp3) is 0.500. The van der Waals surface area contributed by atoms with Crippen LogP contribution >= 0.6 is 23.2 Å². The average Bonchev–Trinajstić information content (AvgIpc) is 2.40. The van der Waals surface area contributed by atoms with Crippen LogP contribution in [0.4, 0.5) is 17.1 Å². The average molecular weight is 336 g/mol. The van der Waals surface area contributed by atoms with Gasteiger partial charge in [0.25, 0.3) is 5.69 Å². The summed E-state index contributed by atoms with van der Waals surface area (Å²) in [6.45, 7) is 3.64. The monoisotopic (exact) mass is 335 g/mol. The highest BCUT2D eigenvalue weighted by atomic mass is 35.5. The van der Waals surface area contributed by atoms with Gasteiger partial charge in [0.1, 0.15) is 0 Å². The van der Waals surface area contributed by atoms with Crippen LogP contribution in [0.1, 0.15) is 11.1 Å². The van der Waals surface area contributed by atoms with E-state index in [0.29, 0.717) is 11.1 Å². The highest BCUT2D eigenvalue weighted by molar-refractivity contribution is 6.18. The zero-order valence-electron chi connectivity index (χ0n) is 11.6. The third-order valence-corrected chi connectivity index (χ3v) is 3.51. The molecule has 0 radical (unpaired) electrons. The van der Waals surface area contributed by atoms with Crippen molar-refractivity contribution in [2.75, 3.05) is 29.7 Å². The van der Waals surface area contributed by atoms with Crippen molar-refractivity contribution in [3.05, 3.63) is 37.4 Å². The summed E-state index contributed by atoms with van der Waals surface area (Å²) in [5, 5.41) is 22.6. The van der Waals surface area contributed by atoms with Gasteiger partial charge in [-0.2, -0.15) is 0 Å². The Morgan fingerprint density at radius 2 is 1.62 bits per heavy atom. The maximum atomic E-state index is 11.4. The zero-order valence-corrected chi connectivity index (χ0v) is 13.1. The summed E-state index contributed by atoms with van der Waals surface area (Å²) >= 11 is 11.4. The second-order valence-corrected chi connectivity index (χ2v) is 5.17. The molecule has 0 aliphatic carbocycles. The molecule has 0 fully saturated rings. The molecule has 21 heavy (non-hydrogen) atoms. The van der Waals surface area contributed by atoms with Crippen LogP contribution in [0.25, 0.3) is 0 Å². The van der Waals surface area contributed by atoms with E-state index >= 15 is 0 Å². The molecule has 0 aromatic heterocycles. The van der Waals surface area contributed by atoms with Crippen LogP contribution in [0.2, 0.25) is 0 Å². The van der Waals surface area contributed by atoms with E-state index in [1.54, 1.807) is 13.8 Å². The first-order valence-electron chi connectivity index (χ1n) is 6.15. The fourth-order valence-electron chi connectivity index (χ4n) is 2.08. The third kappa shape index (κ3) is 3.74. The normalized spacial score (nSPS) is 10.5. The van der Waals surface area contributed by atoms with Crippen LogP contribution < -0.4 is 4.90 Å². The summed E-state index contributed by atoms with van der Waals surface area (Å²) in [7, 11) is 0. The lowest BCUT2D eigenvalue weighted by atomic mass is 10.0. The Balaban J connectivity index is 3.67. The molecule has 1 rings (SSSR count). The molecule has 9 heteroatoms. The number of hydrogen-bond donors (Lipinski definition) is 0. The summed E-state index contributed by atoms with van der Waals surface area (Å²) in [6, 6.07) is 1.34. The molecule has 7 nitrogen and oxygen atoms in total. The minimum Gasteiger partial charge on any atom is -0.358 e. The van der Waals surface area contributed by atoms with E-state index in [2.05, 4.69) is 0 Å². The molecule has 0 unspecified atom stereocenters. The maximum Gasteiger partial charge on any atom is 0.302 e. The first kappa shape index (κ1) is 17.5. The summed E-state index contributed by atoms with van der Waals surface area (Å²) in [5.74, 6) is 0.357. The van der Waals surface area contributed by atoms with Gasteiger partial charge in [0.2, 0.25) is 0 Å². The van der Waals surface area contributed by atoms with Gasteiger partial charge in [-0.25, -0.2) is 0 Å². The van der Waals surface area contributed by atoms with Gasteiger partial charge in [-0.1, -0.05) is 0 Å². The van der Waals surface area contributed by atoms with Crippen molar-refractivity contribution in [2.45, 2.75) is 13.8 Å². The van der Waals surface area contributed by atoms with E-state index in [-0.39, 0.29) is 41.9 Å². The molecule has 0 saturated carbocycles. The van der Waals surface area contributed by atoms with E-state index in [0.717, 1.165) is 0 Å². The molecule has 0 aliphatic heterocycles. The molecule has 0 saturated heterocycles. The number of nitro benzene ring substituents is 2. The Morgan fingerprint density at radius 3 is 2.00 bits per heavy atom. The number of nitro groups is 2. The molecule has 0 N–H and O–H groups in total. The number of nitrogens with zero attached hydrogens (tertiary/aromatic N) is 3. The smallest absolute Gasteiger partial charge is 0.302 e. The molecule has 0 atom stereocenters. The molecule has 1 aromatic carbocycles. The summed E-state index contributed by atoms with van der Waals surface area (Å²) in [5.41, 5.74) is 0.287. The molecule has 0 bridgehead atoms. The molecule has 1 aromatic rings. The summed E-state index contributed by atoms with van der Waals surface area (Å²) in [6.07, 6.45) is 0. The summed E-state index contributed by atoms with van der Waals surface area (Å²) < 4.78 is 0. The lowest BCUT2D eigenvalue weighted by Crippen LogP contribution is -2.29. The van der Waals surface area contributed by atoms with E-state index in [1.807, 2.05) is 0 Å². The number of hydrogen-bond acceptors (Lipinski definition) is 5. The van der Waals surface area contributed by atoms with Crippen LogP contribution in [0, 0.1) is 34.1 Å². The minimum atomic E-state index is -0.621. The quantitative estimate of drug-likeness (QED) is 0.432. The maximum absolute atomic E-state index is 11.4. The zero-order chi connectivity index (χ0) is 16.2. The Labute approximate surface area is 131 Å². The number of halogens is 2. The molecule has 116 valence electrons. The Kier molecular flexibility index (Phi) is 6.17. The van der Waals surface area contributed by atoms with E-state index in [9.17, 15) is 20.2 Å². The standard InChI is InChI=1S/C12H15Cl2N3O4/c1-8-7-10(16(18)19)12(11(9(8)2)17(20)21)15(5-3-13)6-4-14/h7H,3-6H2,1-2H3.